The Morgan fingerprint density at radius 2 is 1.10 bits per heavy atom. The van der Waals surface area contributed by atoms with Gasteiger partial charge in [0.25, 0.3) is 0 Å². The third-order valence-electron chi connectivity index (χ3n) is 9.54. The van der Waals surface area contributed by atoms with Gasteiger partial charge < -0.3 is 29.5 Å². The lowest BCUT2D eigenvalue weighted by Crippen LogP contribution is -2.38. The summed E-state index contributed by atoms with van der Waals surface area (Å²) in [6, 6.07) is 51.5. The Kier molecular flexibility index (Phi) is 13.2. The summed E-state index contributed by atoms with van der Waals surface area (Å²) in [6.45, 7) is 2.33. The van der Waals surface area contributed by atoms with Crippen LogP contribution in [0.1, 0.15) is 65.1 Å². The quantitative estimate of drug-likeness (QED) is 0.0313. The summed E-state index contributed by atoms with van der Waals surface area (Å²) in [5.74, 6) is -4.20. The van der Waals surface area contributed by atoms with Crippen LogP contribution in [0.3, 0.4) is 0 Å². The average Bonchev–Trinajstić information content (AvgIpc) is 3.75. The van der Waals surface area contributed by atoms with Crippen LogP contribution in [-0.2, 0) is 34.3 Å². The summed E-state index contributed by atoms with van der Waals surface area (Å²) in [5.41, 5.74) is 2.41. The smallest absolute Gasteiger partial charge is 0.360 e. The van der Waals surface area contributed by atoms with Crippen LogP contribution < -0.4 is 14.8 Å². The maximum atomic E-state index is 14.4. The number of nitrogens with one attached hydrogen (secondary N) is 1. The van der Waals surface area contributed by atoms with Crippen LogP contribution in [-0.4, -0.2) is 39.7 Å². The molecule has 0 fully saturated rings. The lowest BCUT2D eigenvalue weighted by molar-refractivity contribution is -0.162. The van der Waals surface area contributed by atoms with Crippen LogP contribution in [0.25, 0.3) is 0 Å². The van der Waals surface area contributed by atoms with E-state index in [2.05, 4.69) is 10.5 Å². The van der Waals surface area contributed by atoms with Crippen LogP contribution in [0.2, 0.25) is 0 Å². The molecule has 6 aromatic carbocycles. The van der Waals surface area contributed by atoms with E-state index in [1.54, 1.807) is 48.5 Å². The summed E-state index contributed by atoms with van der Waals surface area (Å²) >= 11 is 1.16. The number of hydrogen-bond acceptors (Lipinski definition) is 12. The molecule has 7 rings (SSSR count). The van der Waals surface area contributed by atoms with Crippen molar-refractivity contribution in [2.45, 2.75) is 31.6 Å². The lowest BCUT2D eigenvalue weighted by Gasteiger charge is -2.36. The van der Waals surface area contributed by atoms with Gasteiger partial charge in [0.2, 0.25) is 11.8 Å². The number of aromatic nitrogens is 1. The molecule has 310 valence electrons. The molecule has 0 saturated heterocycles. The monoisotopic (exact) mass is 845 g/mol. The van der Waals surface area contributed by atoms with Crippen LogP contribution in [0, 0.1) is 0 Å². The van der Waals surface area contributed by atoms with Gasteiger partial charge in [-0.15, -0.1) is 11.3 Å². The van der Waals surface area contributed by atoms with Gasteiger partial charge in [-0.05, 0) is 39.9 Å². The minimum Gasteiger partial charge on any atom is -0.476 e. The molecule has 62 heavy (non-hydrogen) atoms. The summed E-state index contributed by atoms with van der Waals surface area (Å²) in [4.78, 5) is 61.9. The van der Waals surface area contributed by atoms with Crippen molar-refractivity contribution in [3.05, 3.63) is 214 Å². The minimum absolute atomic E-state index is 0.0366. The van der Waals surface area contributed by atoms with Gasteiger partial charge in [-0.2, -0.15) is 0 Å². The Hall–Kier alpha value is -7.90. The Morgan fingerprint density at radius 1 is 0.629 bits per heavy atom. The number of carbonyl (C=O) groups excluding carboxylic acids is 3. The number of rotatable bonds is 16. The van der Waals surface area contributed by atoms with Crippen molar-refractivity contribution >= 4 is 46.1 Å². The summed E-state index contributed by atoms with van der Waals surface area (Å²) < 4.78 is 16.7. The van der Waals surface area contributed by atoms with E-state index in [0.717, 1.165) is 35.0 Å². The van der Waals surface area contributed by atoms with E-state index < -0.39 is 47.3 Å². The van der Waals surface area contributed by atoms with Crippen molar-refractivity contribution in [1.82, 2.24) is 4.98 Å². The third kappa shape index (κ3) is 9.75. The number of hydrogen-bond donors (Lipinski definition) is 2. The Balaban J connectivity index is 1.28. The molecule has 0 aliphatic rings. The molecular weight excluding hydrogens is 807 g/mol. The normalized spacial score (nSPS) is 11.9. The number of anilines is 1. The molecule has 0 unspecified atom stereocenters. The molecule has 0 aliphatic heterocycles. The van der Waals surface area contributed by atoms with Gasteiger partial charge in [0.1, 0.15) is 11.2 Å². The molecule has 0 aliphatic carbocycles. The highest BCUT2D eigenvalue weighted by molar-refractivity contribution is 7.14. The molecule has 7 aromatic rings. The first-order chi connectivity index (χ1) is 30.1. The minimum atomic E-state index is -1.74. The van der Waals surface area contributed by atoms with Gasteiger partial charge in [-0.3, -0.25) is 9.59 Å². The zero-order valence-electron chi connectivity index (χ0n) is 33.4. The van der Waals surface area contributed by atoms with Gasteiger partial charge in [0, 0.05) is 24.8 Å². The van der Waals surface area contributed by atoms with Gasteiger partial charge >= 0.3 is 23.9 Å². The largest absolute Gasteiger partial charge is 0.476 e. The van der Waals surface area contributed by atoms with Crippen molar-refractivity contribution in [1.29, 1.82) is 0 Å². The van der Waals surface area contributed by atoms with E-state index in [4.69, 9.17) is 24.0 Å². The number of carboxylic acid groups (broad SMARTS) is 1. The molecule has 0 saturated carbocycles. The molecule has 0 bridgehead atoms. The predicted molar refractivity (Wildman–Crippen MR) is 233 cm³/mol. The van der Waals surface area contributed by atoms with E-state index in [1.807, 2.05) is 103 Å². The molecule has 0 spiro atoms. The SMILES string of the molecule is CC(=O)Oc1ccc([C@@H](O/N=C(\C(=O)O)c2csc(NC(c3ccccc3)(c3ccccc3)c3ccccc3)n2)C(=O)OC(c2ccccc2)c2ccccc2)cc1OC(C)=O. The number of carbonyl (C=O) groups is 4. The Morgan fingerprint density at radius 3 is 1.56 bits per heavy atom. The van der Waals surface area contributed by atoms with E-state index in [-0.39, 0.29) is 22.8 Å². The maximum absolute atomic E-state index is 14.4. The maximum Gasteiger partial charge on any atom is 0.360 e. The number of ether oxygens (including phenoxy) is 3. The second-order valence-electron chi connectivity index (χ2n) is 13.8. The van der Waals surface area contributed by atoms with Crippen molar-refractivity contribution < 1.29 is 43.3 Å². The van der Waals surface area contributed by atoms with Crippen LogP contribution in [0.15, 0.2) is 180 Å². The molecule has 0 radical (unpaired) electrons. The highest BCUT2D eigenvalue weighted by atomic mass is 32.1. The number of esters is 3. The topological polar surface area (TPSA) is 163 Å². The second-order valence-corrected chi connectivity index (χ2v) is 14.6. The zero-order valence-corrected chi connectivity index (χ0v) is 34.2. The first-order valence-corrected chi connectivity index (χ1v) is 20.2. The molecule has 2 N–H and O–H groups in total. The number of thiazole rings is 1. The second kappa shape index (κ2) is 19.4. The number of nitrogens with zero attached hydrogens (tertiary/aromatic N) is 2. The molecular formula is C49H39N3O9S. The van der Waals surface area contributed by atoms with Gasteiger partial charge in [-0.1, -0.05) is 163 Å². The van der Waals surface area contributed by atoms with E-state index >= 15 is 0 Å². The zero-order chi connectivity index (χ0) is 43.5. The molecule has 1 heterocycles. The van der Waals surface area contributed by atoms with Crippen molar-refractivity contribution in [3.63, 3.8) is 0 Å². The number of oxime groups is 1. The molecule has 1 atom stereocenters. The first-order valence-electron chi connectivity index (χ1n) is 19.3. The van der Waals surface area contributed by atoms with Crippen LogP contribution in [0.4, 0.5) is 5.13 Å². The Labute approximate surface area is 361 Å². The van der Waals surface area contributed by atoms with Crippen LogP contribution >= 0.6 is 11.3 Å². The average molecular weight is 846 g/mol. The highest BCUT2D eigenvalue weighted by Crippen LogP contribution is 2.41. The van der Waals surface area contributed by atoms with E-state index in [1.165, 1.54) is 30.5 Å². The molecule has 0 amide bonds. The standard InChI is InChI=1S/C49H39N3O9S/c1-32(53)58-41-29-28-36(30-42(41)59-33(2)54)45(47(57)60-44(34-18-8-3-9-19-34)35-20-10-4-11-21-35)61-52-43(46(55)56)40-31-62-48(50-40)51-49(37-22-12-5-13-23-37,38-24-14-6-15-25-38)39-26-16-7-17-27-39/h3-31,44-45H,1-2H3,(H,50,51)(H,55,56)/b52-43-/t45-/m1/s1. The highest BCUT2D eigenvalue weighted by Gasteiger charge is 2.38. The summed E-state index contributed by atoms with van der Waals surface area (Å²) in [6.07, 6.45) is -2.66. The summed E-state index contributed by atoms with van der Waals surface area (Å²) in [5, 5.41) is 20.1. The fourth-order valence-corrected chi connectivity index (χ4v) is 7.60. The fourth-order valence-electron chi connectivity index (χ4n) is 6.85. The lowest BCUT2D eigenvalue weighted by atomic mass is 9.77. The van der Waals surface area contributed by atoms with Crippen molar-refractivity contribution in [2.75, 3.05) is 5.32 Å². The molecule has 1 aromatic heterocycles. The Bertz CT molecular complexity index is 2540. The van der Waals surface area contributed by atoms with E-state index in [9.17, 15) is 24.3 Å². The molecule has 13 heteroatoms. The molecule has 12 nitrogen and oxygen atoms in total. The number of benzene rings is 6. The van der Waals surface area contributed by atoms with Gasteiger partial charge in [-0.25, -0.2) is 14.6 Å². The van der Waals surface area contributed by atoms with Gasteiger partial charge in [0.05, 0.1) is 0 Å². The van der Waals surface area contributed by atoms with Crippen molar-refractivity contribution in [2.24, 2.45) is 5.16 Å². The van der Waals surface area contributed by atoms with E-state index in [0.29, 0.717) is 16.3 Å². The summed E-state index contributed by atoms with van der Waals surface area (Å²) in [7, 11) is 0. The third-order valence-corrected chi connectivity index (χ3v) is 10.3. The first kappa shape index (κ1) is 42.2. The predicted octanol–water partition coefficient (Wildman–Crippen LogP) is 9.28. The van der Waals surface area contributed by atoms with Crippen molar-refractivity contribution in [3.8, 4) is 11.5 Å². The number of aliphatic carboxylic acids is 1. The van der Waals surface area contributed by atoms with Gasteiger partial charge in [0.15, 0.2) is 22.7 Å². The fraction of sp³-hybridized carbons (Fsp3) is 0.102. The number of carboxylic acids is 1. The van der Waals surface area contributed by atoms with Crippen LogP contribution in [0.5, 0.6) is 11.5 Å².